The van der Waals surface area contributed by atoms with Crippen molar-refractivity contribution in [1.29, 1.82) is 0 Å². The molecule has 2 aromatic rings. The minimum Gasteiger partial charge on any atom is -0.370 e. The third-order valence-corrected chi connectivity index (χ3v) is 3.94. The van der Waals surface area contributed by atoms with Gasteiger partial charge in [0.05, 0.1) is 11.9 Å². The lowest BCUT2D eigenvalue weighted by Crippen LogP contribution is -2.35. The Morgan fingerprint density at radius 3 is 2.88 bits per heavy atom. The average molecular weight is 343 g/mol. The summed E-state index contributed by atoms with van der Waals surface area (Å²) in [6.45, 7) is 2.93. The molecule has 1 fully saturated rings. The molecule has 2 N–H and O–H groups in total. The van der Waals surface area contributed by atoms with Crippen molar-refractivity contribution in [3.05, 3.63) is 40.9 Å². The van der Waals surface area contributed by atoms with Crippen LogP contribution in [0.2, 0.25) is 0 Å². The van der Waals surface area contributed by atoms with Crippen LogP contribution in [0.3, 0.4) is 0 Å². The number of carbonyl (C=O) groups is 1. The van der Waals surface area contributed by atoms with Gasteiger partial charge in [-0.2, -0.15) is 10.2 Å². The number of nitrogens with one attached hydrogen (secondary N) is 2. The molecule has 0 aliphatic carbocycles. The smallest absolute Gasteiger partial charge is 0.267 e. The van der Waals surface area contributed by atoms with Crippen molar-refractivity contribution < 1.29 is 4.79 Å². The fourth-order valence-electron chi connectivity index (χ4n) is 2.68. The summed E-state index contributed by atoms with van der Waals surface area (Å²) >= 11 is 0. The van der Waals surface area contributed by atoms with Gasteiger partial charge >= 0.3 is 0 Å². The summed E-state index contributed by atoms with van der Waals surface area (Å²) in [7, 11) is 0. The first-order valence-electron chi connectivity index (χ1n) is 8.33. The number of aromatic nitrogens is 4. The predicted octanol–water partition coefficient (Wildman–Crippen LogP) is -0.138. The van der Waals surface area contributed by atoms with Crippen LogP contribution in [-0.4, -0.2) is 52.1 Å². The number of rotatable bonds is 7. The molecule has 0 unspecified atom stereocenters. The lowest BCUT2D eigenvalue weighted by Gasteiger charge is -2.17. The van der Waals surface area contributed by atoms with Crippen molar-refractivity contribution in [2.24, 2.45) is 0 Å². The van der Waals surface area contributed by atoms with Crippen LogP contribution in [0.25, 0.3) is 0 Å². The minimum absolute atomic E-state index is 0.0933. The predicted molar refractivity (Wildman–Crippen MR) is 93.5 cm³/mol. The van der Waals surface area contributed by atoms with Crippen LogP contribution < -0.4 is 21.1 Å². The lowest BCUT2D eigenvalue weighted by molar-refractivity contribution is -0.121. The Morgan fingerprint density at radius 1 is 1.24 bits per heavy atom. The quantitative estimate of drug-likeness (QED) is 0.674. The van der Waals surface area contributed by atoms with E-state index in [1.165, 1.54) is 31.2 Å². The highest BCUT2D eigenvalue weighted by Crippen LogP contribution is 2.20. The zero-order valence-corrected chi connectivity index (χ0v) is 13.9. The van der Waals surface area contributed by atoms with Crippen LogP contribution in [0.1, 0.15) is 12.8 Å². The summed E-state index contributed by atoms with van der Waals surface area (Å²) in [5, 5.41) is 17.8. The van der Waals surface area contributed by atoms with Gasteiger partial charge in [-0.25, -0.2) is 4.68 Å². The number of hydrogen-bond acceptors (Lipinski definition) is 7. The first-order valence-corrected chi connectivity index (χ1v) is 8.33. The fourth-order valence-corrected chi connectivity index (χ4v) is 2.68. The molecule has 0 atom stereocenters. The molecule has 0 aromatic carbocycles. The van der Waals surface area contributed by atoms with Crippen LogP contribution in [0.15, 0.2) is 35.4 Å². The van der Waals surface area contributed by atoms with Crippen molar-refractivity contribution in [3.63, 3.8) is 0 Å². The molecular weight excluding hydrogens is 322 g/mol. The van der Waals surface area contributed by atoms with E-state index < -0.39 is 0 Å². The van der Waals surface area contributed by atoms with E-state index in [4.69, 9.17) is 0 Å². The first-order chi connectivity index (χ1) is 12.2. The van der Waals surface area contributed by atoms with Gasteiger partial charge in [0.15, 0.2) is 5.82 Å². The van der Waals surface area contributed by atoms with Gasteiger partial charge in [0.25, 0.3) is 5.56 Å². The molecule has 25 heavy (non-hydrogen) atoms. The second kappa shape index (κ2) is 8.22. The van der Waals surface area contributed by atoms with Crippen molar-refractivity contribution in [2.75, 3.05) is 36.4 Å². The number of hydrogen-bond donors (Lipinski definition) is 2. The zero-order valence-electron chi connectivity index (χ0n) is 13.9. The molecule has 1 aliphatic heterocycles. The molecule has 132 valence electrons. The van der Waals surface area contributed by atoms with Crippen LogP contribution in [0, 0.1) is 0 Å². The van der Waals surface area contributed by atoms with Crippen molar-refractivity contribution in [3.8, 4) is 0 Å². The molecule has 9 heteroatoms. The van der Waals surface area contributed by atoms with Crippen molar-refractivity contribution >= 4 is 17.4 Å². The Hall–Kier alpha value is -2.97. The third kappa shape index (κ3) is 4.75. The number of anilines is 2. The van der Waals surface area contributed by atoms with Gasteiger partial charge in [-0.3, -0.25) is 9.59 Å². The molecule has 3 heterocycles. The van der Waals surface area contributed by atoms with E-state index in [2.05, 4.69) is 30.8 Å². The lowest BCUT2D eigenvalue weighted by atomic mass is 10.4. The standard InChI is InChI=1S/C16H21N7O2/c24-15(12-23-16(25)4-3-5-20-23)18-7-6-17-14-10-13(11-19-21-14)22-8-1-2-9-22/h3-5,10-11H,1-2,6-9,12H2,(H,17,21)(H,18,24). The van der Waals surface area contributed by atoms with Gasteiger partial charge in [0, 0.05) is 44.5 Å². The Morgan fingerprint density at radius 2 is 2.08 bits per heavy atom. The highest BCUT2D eigenvalue weighted by molar-refractivity contribution is 5.75. The van der Waals surface area contributed by atoms with Gasteiger partial charge in [0.2, 0.25) is 5.91 Å². The summed E-state index contributed by atoms with van der Waals surface area (Å²) in [6.07, 6.45) is 5.65. The molecule has 3 rings (SSSR count). The highest BCUT2D eigenvalue weighted by Gasteiger charge is 2.13. The summed E-state index contributed by atoms with van der Waals surface area (Å²) in [4.78, 5) is 25.6. The van der Waals surface area contributed by atoms with E-state index in [1.54, 1.807) is 6.20 Å². The molecule has 0 bridgehead atoms. The second-order valence-corrected chi connectivity index (χ2v) is 5.79. The van der Waals surface area contributed by atoms with Crippen LogP contribution in [0.5, 0.6) is 0 Å². The molecule has 1 aliphatic rings. The number of amides is 1. The van der Waals surface area contributed by atoms with Gasteiger partial charge < -0.3 is 15.5 Å². The Labute approximate surface area is 145 Å². The molecule has 9 nitrogen and oxygen atoms in total. The maximum absolute atomic E-state index is 11.8. The monoisotopic (exact) mass is 343 g/mol. The third-order valence-electron chi connectivity index (χ3n) is 3.94. The Bertz CT molecular complexity index is 771. The van der Waals surface area contributed by atoms with Gasteiger partial charge in [0.1, 0.15) is 6.54 Å². The van der Waals surface area contributed by atoms with Crippen molar-refractivity contribution in [1.82, 2.24) is 25.3 Å². The topological polar surface area (TPSA) is 105 Å². The molecule has 2 aromatic heterocycles. The molecular formula is C16H21N7O2. The summed E-state index contributed by atoms with van der Waals surface area (Å²) in [5.41, 5.74) is 0.762. The molecule has 1 amide bonds. The van der Waals surface area contributed by atoms with Gasteiger partial charge in [-0.15, -0.1) is 5.10 Å². The van der Waals surface area contributed by atoms with Crippen LogP contribution in [-0.2, 0) is 11.3 Å². The van der Waals surface area contributed by atoms with E-state index in [9.17, 15) is 9.59 Å². The molecule has 1 saturated heterocycles. The summed E-state index contributed by atoms with van der Waals surface area (Å²) < 4.78 is 1.12. The SMILES string of the molecule is O=C(Cn1ncccc1=O)NCCNc1cc(N2CCCC2)cnn1. The fraction of sp³-hybridized carbons (Fsp3) is 0.438. The maximum Gasteiger partial charge on any atom is 0.267 e. The van der Waals surface area contributed by atoms with E-state index in [0.29, 0.717) is 18.9 Å². The zero-order chi connectivity index (χ0) is 17.5. The number of carbonyl (C=O) groups excluding carboxylic acids is 1. The van der Waals surface area contributed by atoms with Crippen molar-refractivity contribution in [2.45, 2.75) is 19.4 Å². The minimum atomic E-state index is -0.301. The van der Waals surface area contributed by atoms with E-state index in [1.807, 2.05) is 6.07 Å². The molecule has 0 saturated carbocycles. The first kappa shape index (κ1) is 16.9. The largest absolute Gasteiger partial charge is 0.370 e. The Kier molecular flexibility index (Phi) is 5.55. The molecule has 0 radical (unpaired) electrons. The van der Waals surface area contributed by atoms with E-state index >= 15 is 0 Å². The van der Waals surface area contributed by atoms with E-state index in [-0.39, 0.29) is 18.0 Å². The van der Waals surface area contributed by atoms with Gasteiger partial charge in [-0.05, 0) is 18.9 Å². The molecule has 0 spiro atoms. The summed E-state index contributed by atoms with van der Waals surface area (Å²) in [6, 6.07) is 4.87. The normalized spacial score (nSPS) is 13.7. The number of nitrogens with zero attached hydrogens (tertiary/aromatic N) is 5. The second-order valence-electron chi connectivity index (χ2n) is 5.79. The highest BCUT2D eigenvalue weighted by atomic mass is 16.2. The summed E-state index contributed by atoms with van der Waals surface area (Å²) in [5.74, 6) is 0.416. The van der Waals surface area contributed by atoms with E-state index in [0.717, 1.165) is 23.5 Å². The average Bonchev–Trinajstić information content (AvgIpc) is 3.16. The van der Waals surface area contributed by atoms with Crippen LogP contribution >= 0.6 is 0 Å². The van der Waals surface area contributed by atoms with Gasteiger partial charge in [-0.1, -0.05) is 0 Å². The van der Waals surface area contributed by atoms with Crippen LogP contribution in [0.4, 0.5) is 11.5 Å². The maximum atomic E-state index is 11.8. The Balaban J connectivity index is 1.42.